The molecule has 326 valence electrons. The first-order chi connectivity index (χ1) is 30.3. The molecule has 1 aliphatic carbocycles. The first-order valence-corrected chi connectivity index (χ1v) is 24.4. The van der Waals surface area contributed by atoms with Crippen LogP contribution >= 0.6 is 0 Å². The van der Waals surface area contributed by atoms with Gasteiger partial charge in [-0.2, -0.15) is 0 Å². The third kappa shape index (κ3) is 9.12. The van der Waals surface area contributed by atoms with Gasteiger partial charge in [-0.1, -0.05) is 42.5 Å². The van der Waals surface area contributed by atoms with E-state index in [1.54, 1.807) is 24.4 Å². The maximum Gasteiger partial charge on any atom is 0.293 e. The van der Waals surface area contributed by atoms with E-state index < -0.39 is 41.5 Å². The fourth-order valence-electron chi connectivity index (χ4n) is 8.82. The summed E-state index contributed by atoms with van der Waals surface area (Å²) in [6.07, 6.45) is 10.2. The predicted molar refractivity (Wildman–Crippen MR) is 241 cm³/mol. The van der Waals surface area contributed by atoms with Crippen LogP contribution in [0.3, 0.4) is 0 Å². The number of hydrogen-bond donors (Lipinski definition) is 3. The quantitative estimate of drug-likeness (QED) is 0.0702. The molecule has 1 amide bonds. The molecule has 63 heavy (non-hydrogen) atoms. The van der Waals surface area contributed by atoms with Crippen LogP contribution in [-0.2, 0) is 20.0 Å². The summed E-state index contributed by atoms with van der Waals surface area (Å²) in [7, 11) is -7.93. The Morgan fingerprint density at radius 2 is 1.62 bits per heavy atom. The van der Waals surface area contributed by atoms with Crippen molar-refractivity contribution >= 4 is 54.0 Å². The highest BCUT2D eigenvalue weighted by molar-refractivity contribution is 7.90. The molecule has 3 fully saturated rings. The van der Waals surface area contributed by atoms with E-state index in [1.807, 2.05) is 18.2 Å². The highest BCUT2D eigenvalue weighted by atomic mass is 32.2. The molecule has 2 aromatic heterocycles. The molecule has 3 N–H and O–H groups in total. The zero-order valence-electron chi connectivity index (χ0n) is 34.6. The number of fused-ring (bicyclic) bond motifs is 1. The number of sulfonamides is 2. The smallest absolute Gasteiger partial charge is 0.293 e. The number of rotatable bonds is 14. The van der Waals surface area contributed by atoms with E-state index in [4.69, 9.17) is 4.74 Å². The lowest BCUT2D eigenvalue weighted by molar-refractivity contribution is -0.384. The van der Waals surface area contributed by atoms with Crippen LogP contribution in [0.1, 0.15) is 72.0 Å². The van der Waals surface area contributed by atoms with Gasteiger partial charge in [-0.05, 0) is 121 Å². The van der Waals surface area contributed by atoms with Crippen LogP contribution in [0.25, 0.3) is 22.2 Å². The van der Waals surface area contributed by atoms with Gasteiger partial charge in [-0.3, -0.25) is 14.9 Å². The van der Waals surface area contributed by atoms with Crippen molar-refractivity contribution in [1.82, 2.24) is 19.0 Å². The van der Waals surface area contributed by atoms with Crippen molar-refractivity contribution in [2.45, 2.75) is 55.4 Å². The second kappa shape index (κ2) is 17.1. The van der Waals surface area contributed by atoms with Gasteiger partial charge in [0, 0.05) is 49.5 Å². The van der Waals surface area contributed by atoms with Crippen LogP contribution in [0.4, 0.5) is 17.1 Å². The van der Waals surface area contributed by atoms with Gasteiger partial charge < -0.3 is 19.9 Å². The Hall–Kier alpha value is -6.30. The van der Waals surface area contributed by atoms with Crippen molar-refractivity contribution in [2.24, 2.45) is 5.92 Å². The monoisotopic (exact) mass is 889 g/mol. The molecule has 3 aliphatic rings. The maximum atomic E-state index is 13.9. The van der Waals surface area contributed by atoms with Crippen LogP contribution < -0.4 is 19.7 Å². The predicted octanol–water partition coefficient (Wildman–Crippen LogP) is 8.35. The van der Waals surface area contributed by atoms with Crippen molar-refractivity contribution < 1.29 is 31.3 Å². The number of amides is 1. The number of nitro groups is 1. The second-order valence-corrected chi connectivity index (χ2v) is 20.2. The molecule has 9 rings (SSSR count). The van der Waals surface area contributed by atoms with Crippen LogP contribution in [0, 0.1) is 16.0 Å². The number of benzene rings is 4. The average Bonchev–Trinajstić information content (AvgIpc) is 3.81. The molecule has 4 heterocycles. The van der Waals surface area contributed by atoms with Gasteiger partial charge in [0.2, 0.25) is 10.0 Å². The van der Waals surface area contributed by atoms with E-state index in [1.165, 1.54) is 52.7 Å². The van der Waals surface area contributed by atoms with E-state index >= 15 is 0 Å². The maximum absolute atomic E-state index is 13.9. The molecule has 1 atom stereocenters. The van der Waals surface area contributed by atoms with Gasteiger partial charge in [-0.25, -0.2) is 30.8 Å². The van der Waals surface area contributed by atoms with Crippen LogP contribution in [0.15, 0.2) is 114 Å². The van der Waals surface area contributed by atoms with E-state index in [-0.39, 0.29) is 22.9 Å². The van der Waals surface area contributed by atoms with Crippen molar-refractivity contribution in [3.63, 3.8) is 0 Å². The largest absolute Gasteiger partial charge is 0.455 e. The number of nitrogens with zero attached hydrogens (tertiary/aromatic N) is 4. The fourth-order valence-corrected chi connectivity index (χ4v) is 10.7. The number of aromatic nitrogens is 2. The lowest BCUT2D eigenvalue weighted by Crippen LogP contribution is -2.39. The Kier molecular flexibility index (Phi) is 11.4. The minimum Gasteiger partial charge on any atom is -0.455 e. The fraction of sp³-hybridized carbons (Fsp3) is 0.304. The Morgan fingerprint density at radius 3 is 2.35 bits per heavy atom. The normalized spacial score (nSPS) is 17.5. The summed E-state index contributed by atoms with van der Waals surface area (Å²) in [5.41, 5.74) is 5.74. The standard InChI is InChI=1S/C46H47N7O8S2/c1-62(57,58)51-23-19-30(20-24-51)28-48-41-17-15-37(27-43(41)53(55)56)63(59,60)50-46(54)40-16-12-33(26-44(40)61-36-25-34-18-21-47-45(34)49-29-36)31-10-13-35(14-11-31)52-22-4-7-42(52)39-6-3-2-5-38(39)32-8-9-32/h2-3,5-6,10-18,21,25-27,29-30,32,42,48H,4,7-9,19-20,22-24,28H2,1H3,(H,47,49)(H,50,54)/t42-/m1/s1. The highest BCUT2D eigenvalue weighted by Gasteiger charge is 2.33. The molecule has 15 nitrogen and oxygen atoms in total. The van der Waals surface area contributed by atoms with Crippen LogP contribution in [0.2, 0.25) is 0 Å². The number of pyridine rings is 1. The number of anilines is 2. The third-order valence-electron chi connectivity index (χ3n) is 12.3. The molecule has 6 aromatic rings. The molecule has 17 heteroatoms. The summed E-state index contributed by atoms with van der Waals surface area (Å²) in [6, 6.07) is 29.3. The SMILES string of the molecule is CS(=O)(=O)N1CCC(CNc2ccc(S(=O)(=O)NC(=O)c3ccc(-c4ccc(N5CCC[C@@H]5c5ccccc5C5CC5)cc4)cc3Oc3cnc4[nH]ccc4c3)cc2[N+](=O)[O-])CC1. The second-order valence-electron chi connectivity index (χ2n) is 16.6. The van der Waals surface area contributed by atoms with Gasteiger partial charge in [0.1, 0.15) is 22.8 Å². The molecule has 0 radical (unpaired) electrons. The first-order valence-electron chi connectivity index (χ1n) is 21.1. The van der Waals surface area contributed by atoms with Gasteiger partial charge in [0.25, 0.3) is 21.6 Å². The molecule has 0 spiro atoms. The molecule has 0 bridgehead atoms. The molecule has 0 unspecified atom stereocenters. The number of nitrogens with one attached hydrogen (secondary N) is 3. The summed E-state index contributed by atoms with van der Waals surface area (Å²) >= 11 is 0. The Balaban J connectivity index is 0.952. The average molecular weight is 890 g/mol. The number of carbonyl (C=O) groups is 1. The summed E-state index contributed by atoms with van der Waals surface area (Å²) < 4.78 is 61.0. The molecule has 2 saturated heterocycles. The topological polar surface area (TPSA) is 197 Å². The Labute approximate surface area is 365 Å². The number of ether oxygens (including phenoxy) is 1. The number of hydrogen-bond acceptors (Lipinski definition) is 11. The van der Waals surface area contributed by atoms with Crippen molar-refractivity contribution in [3.8, 4) is 22.6 Å². The van der Waals surface area contributed by atoms with Gasteiger partial charge in [-0.15, -0.1) is 0 Å². The van der Waals surface area contributed by atoms with Gasteiger partial charge in [0.15, 0.2) is 0 Å². The van der Waals surface area contributed by atoms with Gasteiger partial charge >= 0.3 is 0 Å². The molecular formula is C46H47N7O8S2. The summed E-state index contributed by atoms with van der Waals surface area (Å²) in [5, 5.41) is 16.0. The number of aromatic amines is 1. The zero-order valence-corrected chi connectivity index (χ0v) is 36.2. The van der Waals surface area contributed by atoms with E-state index in [0.717, 1.165) is 53.9 Å². The minimum atomic E-state index is -4.62. The lowest BCUT2D eigenvalue weighted by Gasteiger charge is -2.30. The van der Waals surface area contributed by atoms with Crippen molar-refractivity contribution in [2.75, 3.05) is 42.7 Å². The van der Waals surface area contributed by atoms with Crippen molar-refractivity contribution in [1.29, 1.82) is 0 Å². The van der Waals surface area contributed by atoms with E-state index in [9.17, 15) is 31.7 Å². The highest BCUT2D eigenvalue weighted by Crippen LogP contribution is 2.46. The van der Waals surface area contributed by atoms with Crippen molar-refractivity contribution in [3.05, 3.63) is 136 Å². The summed E-state index contributed by atoms with van der Waals surface area (Å²) in [4.78, 5) is 34.8. The van der Waals surface area contributed by atoms with Crippen LogP contribution in [0.5, 0.6) is 11.5 Å². The number of piperidine rings is 1. The summed E-state index contributed by atoms with van der Waals surface area (Å²) in [6.45, 7) is 1.98. The lowest BCUT2D eigenvalue weighted by atomic mass is 9.95. The summed E-state index contributed by atoms with van der Waals surface area (Å²) in [5.74, 6) is 0.0980. The first kappa shape index (κ1) is 42.0. The molecule has 1 saturated carbocycles. The van der Waals surface area contributed by atoms with E-state index in [0.29, 0.717) is 55.8 Å². The zero-order chi connectivity index (χ0) is 43.9. The Bertz CT molecular complexity index is 2930. The Morgan fingerprint density at radius 1 is 0.873 bits per heavy atom. The molecule has 2 aliphatic heterocycles. The third-order valence-corrected chi connectivity index (χ3v) is 14.9. The van der Waals surface area contributed by atoms with Gasteiger partial charge in [0.05, 0.1) is 33.9 Å². The molecular weight excluding hydrogens is 843 g/mol. The van der Waals surface area contributed by atoms with Crippen LogP contribution in [-0.4, -0.2) is 74.4 Å². The number of H-pyrrole nitrogens is 1. The number of nitro benzene ring substituents is 1. The number of carbonyl (C=O) groups excluding carboxylic acids is 1. The van der Waals surface area contributed by atoms with E-state index in [2.05, 4.69) is 61.3 Å². The molecule has 4 aromatic carbocycles. The minimum absolute atomic E-state index is 0.0518.